The van der Waals surface area contributed by atoms with Crippen LogP contribution in [0.5, 0.6) is 0 Å². The van der Waals surface area contributed by atoms with Crippen LogP contribution >= 0.6 is 0 Å². The topological polar surface area (TPSA) is 76.1 Å². The molecule has 174 valence electrons. The number of ether oxygens (including phenoxy) is 2. The molecule has 0 radical (unpaired) electrons. The van der Waals surface area contributed by atoms with E-state index in [0.29, 0.717) is 13.0 Å². The predicted octanol–water partition coefficient (Wildman–Crippen LogP) is 3.54. The summed E-state index contributed by atoms with van der Waals surface area (Å²) in [7, 11) is 1.38. The number of aliphatic hydroxyl groups excluding tert-OH is 1. The van der Waals surface area contributed by atoms with Gasteiger partial charge < -0.3 is 0 Å². The van der Waals surface area contributed by atoms with E-state index in [-0.39, 0.29) is 33.0 Å². The van der Waals surface area contributed by atoms with Crippen LogP contribution in [0.1, 0.15) is 60.3 Å². The Labute approximate surface area is 192 Å². The van der Waals surface area contributed by atoms with Crippen LogP contribution in [0.15, 0.2) is 30.3 Å². The Balaban J connectivity index is 2.31. The van der Waals surface area contributed by atoms with Crippen LogP contribution in [-0.4, -0.2) is 68.4 Å². The van der Waals surface area contributed by atoms with Gasteiger partial charge in [-0.25, -0.2) is 0 Å². The number of likely N-dealkylation sites (tertiary alicyclic amines) is 1. The number of benzene rings is 1. The Kier molecular flexibility index (Phi) is 8.99. The van der Waals surface area contributed by atoms with Crippen molar-refractivity contribution in [3.8, 4) is 0 Å². The van der Waals surface area contributed by atoms with E-state index in [1.54, 1.807) is 4.90 Å². The second-order valence-electron chi connectivity index (χ2n) is 9.43. The standard InChI is InChI=1S/C24H37NO5Se/c1-17(2)24(21(27)29-6,31-19-13-8-7-9-14-19)20(26)16-18-12-10-11-15-25(18)22(28)30-23(3,4)5/h7-9,13-14,17-18,20,26H,10-12,15-16H2,1-6H3. The van der Waals surface area contributed by atoms with Crippen LogP contribution in [0.3, 0.4) is 0 Å². The van der Waals surface area contributed by atoms with E-state index in [9.17, 15) is 14.7 Å². The third kappa shape index (κ3) is 6.47. The molecule has 3 unspecified atom stereocenters. The van der Waals surface area contributed by atoms with Crippen molar-refractivity contribution < 1.29 is 24.2 Å². The summed E-state index contributed by atoms with van der Waals surface area (Å²) in [4.78, 5) is 27.6. The first kappa shape index (κ1) is 25.7. The van der Waals surface area contributed by atoms with E-state index in [0.717, 1.165) is 23.7 Å². The monoisotopic (exact) mass is 499 g/mol. The van der Waals surface area contributed by atoms with Crippen molar-refractivity contribution >= 4 is 31.5 Å². The number of amides is 1. The van der Waals surface area contributed by atoms with Crippen LogP contribution < -0.4 is 4.46 Å². The molecule has 1 saturated heterocycles. The van der Waals surface area contributed by atoms with Gasteiger partial charge in [0.2, 0.25) is 0 Å². The number of rotatable bonds is 7. The third-order valence-corrected chi connectivity index (χ3v) is 9.32. The molecule has 0 aromatic heterocycles. The predicted molar refractivity (Wildman–Crippen MR) is 123 cm³/mol. The second-order valence-corrected chi connectivity index (χ2v) is 12.3. The van der Waals surface area contributed by atoms with Crippen molar-refractivity contribution in [3.05, 3.63) is 30.3 Å². The van der Waals surface area contributed by atoms with Crippen molar-refractivity contribution in [2.45, 2.75) is 82.4 Å². The van der Waals surface area contributed by atoms with E-state index in [2.05, 4.69) is 0 Å². The number of piperidine rings is 1. The fraction of sp³-hybridized carbons (Fsp3) is 0.667. The van der Waals surface area contributed by atoms with Gasteiger partial charge in [0, 0.05) is 0 Å². The van der Waals surface area contributed by atoms with Crippen LogP contribution in [0.25, 0.3) is 0 Å². The van der Waals surface area contributed by atoms with Gasteiger partial charge in [0.15, 0.2) is 0 Å². The minimum absolute atomic E-state index is 0.131. The fourth-order valence-corrected chi connectivity index (χ4v) is 6.83. The number of hydrogen-bond acceptors (Lipinski definition) is 5. The summed E-state index contributed by atoms with van der Waals surface area (Å²) in [5.74, 6) is -0.521. The summed E-state index contributed by atoms with van der Waals surface area (Å²) < 4.78 is 10.8. The Morgan fingerprint density at radius 3 is 2.39 bits per heavy atom. The van der Waals surface area contributed by atoms with E-state index in [4.69, 9.17) is 9.47 Å². The average Bonchev–Trinajstić information content (AvgIpc) is 2.71. The molecule has 0 bridgehead atoms. The first-order valence-corrected chi connectivity index (χ1v) is 12.7. The zero-order chi connectivity index (χ0) is 23.2. The van der Waals surface area contributed by atoms with Gasteiger partial charge in [0.05, 0.1) is 0 Å². The summed E-state index contributed by atoms with van der Waals surface area (Å²) in [5.41, 5.74) is -0.582. The molecule has 1 amide bonds. The molecular weight excluding hydrogens is 461 g/mol. The molecule has 1 fully saturated rings. The van der Waals surface area contributed by atoms with Crippen molar-refractivity contribution in [1.29, 1.82) is 0 Å². The molecule has 3 atom stereocenters. The molecule has 0 spiro atoms. The van der Waals surface area contributed by atoms with Gasteiger partial charge in [0.1, 0.15) is 0 Å². The molecule has 0 saturated carbocycles. The Morgan fingerprint density at radius 2 is 1.84 bits per heavy atom. The number of aliphatic hydroxyl groups is 1. The van der Waals surface area contributed by atoms with E-state index >= 15 is 0 Å². The Hall–Kier alpha value is -1.56. The molecule has 2 rings (SSSR count). The number of nitrogens with zero attached hydrogens (tertiary/aromatic N) is 1. The normalized spacial score (nSPS) is 20.1. The second kappa shape index (κ2) is 10.8. The first-order chi connectivity index (χ1) is 14.5. The zero-order valence-corrected chi connectivity index (χ0v) is 21.3. The van der Waals surface area contributed by atoms with E-state index < -0.39 is 22.0 Å². The van der Waals surface area contributed by atoms with Gasteiger partial charge in [-0.2, -0.15) is 0 Å². The van der Waals surface area contributed by atoms with Crippen LogP contribution in [0.2, 0.25) is 4.31 Å². The third-order valence-electron chi connectivity index (χ3n) is 5.64. The maximum atomic E-state index is 13.1. The quantitative estimate of drug-likeness (QED) is 0.460. The van der Waals surface area contributed by atoms with Crippen LogP contribution in [0, 0.1) is 5.92 Å². The number of methoxy groups -OCH3 is 1. The summed E-state index contributed by atoms with van der Waals surface area (Å²) in [6, 6.07) is 9.62. The number of esters is 1. The average molecular weight is 499 g/mol. The Morgan fingerprint density at radius 1 is 1.19 bits per heavy atom. The molecule has 1 aromatic carbocycles. The molecule has 1 aliphatic heterocycles. The van der Waals surface area contributed by atoms with Crippen molar-refractivity contribution in [2.24, 2.45) is 5.92 Å². The van der Waals surface area contributed by atoms with Gasteiger partial charge in [-0.1, -0.05) is 0 Å². The van der Waals surface area contributed by atoms with Crippen molar-refractivity contribution in [1.82, 2.24) is 4.90 Å². The Bertz CT molecular complexity index is 733. The van der Waals surface area contributed by atoms with Crippen LogP contribution in [0.4, 0.5) is 4.79 Å². The molecule has 1 heterocycles. The first-order valence-electron chi connectivity index (χ1n) is 11.0. The van der Waals surface area contributed by atoms with Gasteiger partial charge in [-0.15, -0.1) is 0 Å². The number of hydrogen-bond donors (Lipinski definition) is 1. The SMILES string of the molecule is COC(=O)C([Se]c1ccccc1)(C(C)C)C(O)CC1CCCCN1C(=O)OC(C)(C)C. The van der Waals surface area contributed by atoms with Crippen LogP contribution in [-0.2, 0) is 14.3 Å². The van der Waals surface area contributed by atoms with Gasteiger partial charge in [-0.05, 0) is 0 Å². The molecule has 1 N–H and O–H groups in total. The van der Waals surface area contributed by atoms with Crippen molar-refractivity contribution in [2.75, 3.05) is 13.7 Å². The molecule has 0 aliphatic carbocycles. The molecule has 7 heteroatoms. The maximum absolute atomic E-state index is 13.1. The minimum atomic E-state index is -1.04. The number of carbonyl (C=O) groups is 2. The van der Waals surface area contributed by atoms with E-state index in [1.165, 1.54) is 7.11 Å². The van der Waals surface area contributed by atoms with E-state index in [1.807, 2.05) is 65.0 Å². The molecule has 1 aromatic rings. The summed E-state index contributed by atoms with van der Waals surface area (Å²) in [6.45, 7) is 10.1. The van der Waals surface area contributed by atoms with Crippen molar-refractivity contribution in [3.63, 3.8) is 0 Å². The molecule has 6 nitrogen and oxygen atoms in total. The number of carbonyl (C=O) groups excluding carboxylic acids is 2. The molecular formula is C24H37NO5Se. The summed E-state index contributed by atoms with van der Waals surface area (Å²) in [6.07, 6.45) is 1.70. The fourth-order valence-electron chi connectivity index (χ4n) is 4.07. The molecule has 1 aliphatic rings. The zero-order valence-electron chi connectivity index (χ0n) is 19.6. The van der Waals surface area contributed by atoms with Gasteiger partial charge >= 0.3 is 193 Å². The molecule has 31 heavy (non-hydrogen) atoms. The van der Waals surface area contributed by atoms with Gasteiger partial charge in [-0.3, -0.25) is 0 Å². The van der Waals surface area contributed by atoms with Gasteiger partial charge in [0.25, 0.3) is 0 Å². The summed E-state index contributed by atoms with van der Waals surface area (Å²) in [5, 5.41) is 11.5. The summed E-state index contributed by atoms with van der Waals surface area (Å²) >= 11 is -0.347.